The Bertz CT molecular complexity index is 912. The molecular formula is C16H11ClN4O3. The van der Waals surface area contributed by atoms with Gasteiger partial charge in [-0.25, -0.2) is 9.67 Å². The molecule has 1 amide bonds. The Labute approximate surface area is 141 Å². The SMILES string of the molecule is O=C(Nc1cc(Cl)ccc1-n1cncn1)c1ccc2c(c1)OCO2. The molecule has 0 unspecified atom stereocenters. The molecule has 0 bridgehead atoms. The number of carbonyl (C=O) groups excluding carboxylic acids is 1. The van der Waals surface area contributed by atoms with Crippen molar-refractivity contribution in [2.75, 3.05) is 12.1 Å². The van der Waals surface area contributed by atoms with Crippen LogP contribution in [0.15, 0.2) is 49.1 Å². The Morgan fingerprint density at radius 1 is 1.17 bits per heavy atom. The lowest BCUT2D eigenvalue weighted by atomic mass is 10.1. The highest BCUT2D eigenvalue weighted by Crippen LogP contribution is 2.33. The minimum Gasteiger partial charge on any atom is -0.454 e. The summed E-state index contributed by atoms with van der Waals surface area (Å²) < 4.78 is 12.1. The molecule has 2 aromatic carbocycles. The van der Waals surface area contributed by atoms with Crippen LogP contribution in [-0.2, 0) is 0 Å². The van der Waals surface area contributed by atoms with E-state index in [1.165, 1.54) is 6.33 Å². The second-order valence-electron chi connectivity index (χ2n) is 5.02. The summed E-state index contributed by atoms with van der Waals surface area (Å²) in [6, 6.07) is 10.1. The summed E-state index contributed by atoms with van der Waals surface area (Å²) in [6.07, 6.45) is 2.96. The number of rotatable bonds is 3. The summed E-state index contributed by atoms with van der Waals surface area (Å²) in [5.41, 5.74) is 1.63. The molecule has 0 aliphatic carbocycles. The van der Waals surface area contributed by atoms with Gasteiger partial charge in [0.05, 0.1) is 11.4 Å². The number of nitrogens with one attached hydrogen (secondary N) is 1. The monoisotopic (exact) mass is 342 g/mol. The van der Waals surface area contributed by atoms with E-state index < -0.39 is 0 Å². The van der Waals surface area contributed by atoms with Gasteiger partial charge in [-0.3, -0.25) is 4.79 Å². The van der Waals surface area contributed by atoms with Crippen molar-refractivity contribution in [3.05, 3.63) is 59.6 Å². The van der Waals surface area contributed by atoms with Crippen LogP contribution >= 0.6 is 11.6 Å². The summed E-state index contributed by atoms with van der Waals surface area (Å²) >= 11 is 6.05. The van der Waals surface area contributed by atoms with E-state index in [4.69, 9.17) is 21.1 Å². The molecule has 0 atom stereocenters. The topological polar surface area (TPSA) is 78.3 Å². The molecule has 7 nitrogen and oxygen atoms in total. The van der Waals surface area contributed by atoms with Crippen molar-refractivity contribution >= 4 is 23.2 Å². The van der Waals surface area contributed by atoms with E-state index in [0.717, 1.165) is 0 Å². The third-order valence-corrected chi connectivity index (χ3v) is 3.74. The Balaban J connectivity index is 1.65. The number of hydrogen-bond donors (Lipinski definition) is 1. The third kappa shape index (κ3) is 2.65. The largest absolute Gasteiger partial charge is 0.454 e. The Morgan fingerprint density at radius 2 is 2.04 bits per heavy atom. The maximum atomic E-state index is 12.6. The zero-order valence-corrected chi connectivity index (χ0v) is 13.0. The van der Waals surface area contributed by atoms with Crippen LogP contribution in [0.3, 0.4) is 0 Å². The fourth-order valence-electron chi connectivity index (χ4n) is 2.37. The van der Waals surface area contributed by atoms with Crippen LogP contribution in [0, 0.1) is 0 Å². The molecule has 1 N–H and O–H groups in total. The molecule has 1 aliphatic heterocycles. The number of benzene rings is 2. The zero-order chi connectivity index (χ0) is 16.5. The lowest BCUT2D eigenvalue weighted by Gasteiger charge is -2.11. The van der Waals surface area contributed by atoms with Gasteiger partial charge in [0.1, 0.15) is 12.7 Å². The average molecular weight is 343 g/mol. The number of nitrogens with zero attached hydrogens (tertiary/aromatic N) is 3. The van der Waals surface area contributed by atoms with E-state index >= 15 is 0 Å². The van der Waals surface area contributed by atoms with Crippen LogP contribution < -0.4 is 14.8 Å². The predicted octanol–water partition coefficient (Wildman–Crippen LogP) is 2.90. The lowest BCUT2D eigenvalue weighted by molar-refractivity contribution is 0.102. The molecule has 1 aromatic heterocycles. The van der Waals surface area contributed by atoms with Gasteiger partial charge in [0.2, 0.25) is 6.79 Å². The second kappa shape index (κ2) is 5.86. The molecular weight excluding hydrogens is 332 g/mol. The van der Waals surface area contributed by atoms with Gasteiger partial charge < -0.3 is 14.8 Å². The van der Waals surface area contributed by atoms with E-state index in [1.807, 2.05) is 0 Å². The maximum absolute atomic E-state index is 12.6. The van der Waals surface area contributed by atoms with Gasteiger partial charge in [-0.2, -0.15) is 5.10 Å². The van der Waals surface area contributed by atoms with Crippen molar-refractivity contribution < 1.29 is 14.3 Å². The number of carbonyl (C=O) groups is 1. The molecule has 120 valence electrons. The molecule has 4 rings (SSSR count). The molecule has 0 spiro atoms. The van der Waals surface area contributed by atoms with Crippen molar-refractivity contribution in [1.29, 1.82) is 0 Å². The van der Waals surface area contributed by atoms with E-state index in [1.54, 1.807) is 47.4 Å². The number of halogens is 1. The lowest BCUT2D eigenvalue weighted by Crippen LogP contribution is -2.14. The number of fused-ring (bicyclic) bond motifs is 1. The fraction of sp³-hybridized carbons (Fsp3) is 0.0625. The van der Waals surface area contributed by atoms with Crippen LogP contribution in [0.2, 0.25) is 5.02 Å². The first-order chi connectivity index (χ1) is 11.7. The van der Waals surface area contributed by atoms with Gasteiger partial charge in [0.25, 0.3) is 5.91 Å². The minimum atomic E-state index is -0.295. The van der Waals surface area contributed by atoms with E-state index in [0.29, 0.717) is 33.5 Å². The highest BCUT2D eigenvalue weighted by molar-refractivity contribution is 6.31. The molecule has 1 aliphatic rings. The van der Waals surface area contributed by atoms with Gasteiger partial charge in [-0.15, -0.1) is 0 Å². The number of amides is 1. The molecule has 0 saturated carbocycles. The van der Waals surface area contributed by atoms with E-state index in [2.05, 4.69) is 15.4 Å². The molecule has 0 saturated heterocycles. The number of hydrogen-bond acceptors (Lipinski definition) is 5. The maximum Gasteiger partial charge on any atom is 0.255 e. The van der Waals surface area contributed by atoms with Crippen LogP contribution in [0.1, 0.15) is 10.4 Å². The summed E-state index contributed by atoms with van der Waals surface area (Å²) in [5, 5.41) is 7.42. The summed E-state index contributed by atoms with van der Waals surface area (Å²) in [5.74, 6) is 0.875. The van der Waals surface area contributed by atoms with Crippen molar-refractivity contribution in [1.82, 2.24) is 14.8 Å². The first kappa shape index (κ1) is 14.5. The Hall–Kier alpha value is -3.06. The molecule has 3 aromatic rings. The Morgan fingerprint density at radius 3 is 2.88 bits per heavy atom. The number of aromatic nitrogens is 3. The highest BCUT2D eigenvalue weighted by Gasteiger charge is 2.17. The average Bonchev–Trinajstić information content (AvgIpc) is 3.25. The summed E-state index contributed by atoms with van der Waals surface area (Å²) in [4.78, 5) is 16.5. The van der Waals surface area contributed by atoms with Gasteiger partial charge in [-0.1, -0.05) is 11.6 Å². The Kier molecular flexibility index (Phi) is 3.55. The normalized spacial score (nSPS) is 12.2. The van der Waals surface area contributed by atoms with Crippen molar-refractivity contribution in [3.8, 4) is 17.2 Å². The van der Waals surface area contributed by atoms with Crippen molar-refractivity contribution in [2.24, 2.45) is 0 Å². The van der Waals surface area contributed by atoms with Gasteiger partial charge in [0.15, 0.2) is 11.5 Å². The van der Waals surface area contributed by atoms with E-state index in [9.17, 15) is 4.79 Å². The predicted molar refractivity (Wildman–Crippen MR) is 86.9 cm³/mol. The van der Waals surface area contributed by atoms with E-state index in [-0.39, 0.29) is 12.7 Å². The quantitative estimate of drug-likeness (QED) is 0.791. The molecule has 24 heavy (non-hydrogen) atoms. The van der Waals surface area contributed by atoms with Gasteiger partial charge in [0, 0.05) is 10.6 Å². The van der Waals surface area contributed by atoms with Gasteiger partial charge >= 0.3 is 0 Å². The molecule has 2 heterocycles. The molecule has 8 heteroatoms. The van der Waals surface area contributed by atoms with Crippen LogP contribution in [0.25, 0.3) is 5.69 Å². The first-order valence-corrected chi connectivity index (χ1v) is 7.44. The van der Waals surface area contributed by atoms with Crippen molar-refractivity contribution in [2.45, 2.75) is 0 Å². The smallest absolute Gasteiger partial charge is 0.255 e. The zero-order valence-electron chi connectivity index (χ0n) is 12.3. The fourth-order valence-corrected chi connectivity index (χ4v) is 2.55. The second-order valence-corrected chi connectivity index (χ2v) is 5.46. The standard InChI is InChI=1S/C16H11ClN4O3/c17-11-2-3-13(21-8-18-7-19-21)12(6-11)20-16(22)10-1-4-14-15(5-10)24-9-23-14/h1-8H,9H2,(H,20,22). The summed E-state index contributed by atoms with van der Waals surface area (Å²) in [6.45, 7) is 0.158. The highest BCUT2D eigenvalue weighted by atomic mass is 35.5. The van der Waals surface area contributed by atoms with Gasteiger partial charge in [-0.05, 0) is 36.4 Å². The van der Waals surface area contributed by atoms with Crippen molar-refractivity contribution in [3.63, 3.8) is 0 Å². The molecule has 0 radical (unpaired) electrons. The molecule has 0 fully saturated rings. The van der Waals surface area contributed by atoms with Crippen LogP contribution in [0.4, 0.5) is 5.69 Å². The number of anilines is 1. The summed E-state index contributed by atoms with van der Waals surface area (Å²) in [7, 11) is 0. The van der Waals surface area contributed by atoms with Crippen LogP contribution in [-0.4, -0.2) is 27.5 Å². The number of ether oxygens (including phenoxy) is 2. The first-order valence-electron chi connectivity index (χ1n) is 7.06. The third-order valence-electron chi connectivity index (χ3n) is 3.51. The minimum absolute atomic E-state index is 0.158. The van der Waals surface area contributed by atoms with Crippen LogP contribution in [0.5, 0.6) is 11.5 Å².